The van der Waals surface area contributed by atoms with Crippen LogP contribution in [0, 0.1) is 17.8 Å². The molecule has 1 saturated carbocycles. The average Bonchev–Trinajstić information content (AvgIpc) is 3.41. The predicted molar refractivity (Wildman–Crippen MR) is 108 cm³/mol. The van der Waals surface area contributed by atoms with Gasteiger partial charge in [-0.25, -0.2) is 9.50 Å². The molecule has 1 aliphatic carbocycles. The van der Waals surface area contributed by atoms with Gasteiger partial charge in [0.2, 0.25) is 0 Å². The number of fused-ring (bicyclic) bond motifs is 3. The number of piperidine rings is 1. The van der Waals surface area contributed by atoms with Crippen molar-refractivity contribution in [1.29, 1.82) is 0 Å². The SMILES string of the molecule is Cn1cc(N2C[C@H]3CC[C@@H](C2)C3Cc2nc3c(OCC(F)(F)F)ccc(C(F)(F)F)n3n2)cn1. The Bertz CT molecular complexity index is 1170. The zero-order chi connectivity index (χ0) is 24.3. The molecule has 2 bridgehead atoms. The van der Waals surface area contributed by atoms with Gasteiger partial charge in [0.1, 0.15) is 5.69 Å². The summed E-state index contributed by atoms with van der Waals surface area (Å²) >= 11 is 0. The molecule has 0 spiro atoms. The summed E-state index contributed by atoms with van der Waals surface area (Å²) < 4.78 is 85.4. The summed E-state index contributed by atoms with van der Waals surface area (Å²) in [5, 5.41) is 8.27. The van der Waals surface area contributed by atoms with E-state index in [2.05, 4.69) is 20.1 Å². The van der Waals surface area contributed by atoms with Gasteiger partial charge in [-0.2, -0.15) is 36.5 Å². The number of aryl methyl sites for hydroxylation is 1. The second-order valence-electron chi connectivity index (χ2n) is 8.99. The Hall–Kier alpha value is -2.99. The molecule has 7 nitrogen and oxygen atoms in total. The lowest BCUT2D eigenvalue weighted by Gasteiger charge is -2.38. The molecule has 13 heteroatoms. The third-order valence-electron chi connectivity index (χ3n) is 6.68. The highest BCUT2D eigenvalue weighted by molar-refractivity contribution is 5.54. The van der Waals surface area contributed by atoms with Crippen molar-refractivity contribution < 1.29 is 31.1 Å². The third-order valence-corrected chi connectivity index (χ3v) is 6.68. The summed E-state index contributed by atoms with van der Waals surface area (Å²) in [6, 6.07) is 1.52. The Morgan fingerprint density at radius 2 is 1.76 bits per heavy atom. The number of aromatic nitrogens is 5. The smallest absolute Gasteiger partial charge is 0.433 e. The molecule has 3 aromatic heterocycles. The topological polar surface area (TPSA) is 60.5 Å². The average molecular weight is 488 g/mol. The Labute approximate surface area is 190 Å². The van der Waals surface area contributed by atoms with Crippen molar-refractivity contribution in [2.75, 3.05) is 24.6 Å². The molecule has 34 heavy (non-hydrogen) atoms. The molecule has 184 valence electrons. The first-order valence-corrected chi connectivity index (χ1v) is 10.9. The normalized spacial score (nSPS) is 23.1. The largest absolute Gasteiger partial charge is 0.480 e. The van der Waals surface area contributed by atoms with Crippen LogP contribution in [0.4, 0.5) is 32.0 Å². The van der Waals surface area contributed by atoms with Crippen LogP contribution in [-0.2, 0) is 19.6 Å². The van der Waals surface area contributed by atoms with Crippen LogP contribution in [0.3, 0.4) is 0 Å². The number of anilines is 1. The van der Waals surface area contributed by atoms with Crippen LogP contribution in [0.2, 0.25) is 0 Å². The van der Waals surface area contributed by atoms with Crippen LogP contribution < -0.4 is 9.64 Å². The number of hydrogen-bond donors (Lipinski definition) is 0. The summed E-state index contributed by atoms with van der Waals surface area (Å²) in [6.45, 7) is -0.0326. The van der Waals surface area contributed by atoms with Crippen LogP contribution in [-0.4, -0.2) is 50.3 Å². The van der Waals surface area contributed by atoms with E-state index < -0.39 is 30.4 Å². The van der Waals surface area contributed by atoms with Crippen molar-refractivity contribution >= 4 is 11.3 Å². The van der Waals surface area contributed by atoms with Crippen LogP contribution in [0.1, 0.15) is 24.4 Å². The van der Waals surface area contributed by atoms with Gasteiger partial charge in [0.15, 0.2) is 23.8 Å². The molecule has 5 rings (SSSR count). The minimum Gasteiger partial charge on any atom is -0.480 e. The van der Waals surface area contributed by atoms with Gasteiger partial charge in [0.25, 0.3) is 0 Å². The fraction of sp³-hybridized carbons (Fsp3) is 0.571. The van der Waals surface area contributed by atoms with E-state index in [4.69, 9.17) is 4.74 Å². The van der Waals surface area contributed by atoms with Crippen LogP contribution in [0.15, 0.2) is 24.5 Å². The summed E-state index contributed by atoms with van der Waals surface area (Å²) in [5.41, 5.74) is -0.450. The van der Waals surface area contributed by atoms with Crippen molar-refractivity contribution in [3.8, 4) is 5.75 Å². The van der Waals surface area contributed by atoms with E-state index in [1.807, 2.05) is 19.4 Å². The number of ether oxygens (including phenoxy) is 1. The van der Waals surface area contributed by atoms with Crippen molar-refractivity contribution in [3.05, 3.63) is 36.0 Å². The van der Waals surface area contributed by atoms with Gasteiger partial charge in [-0.15, -0.1) is 0 Å². The lowest BCUT2D eigenvalue weighted by molar-refractivity contribution is -0.153. The van der Waals surface area contributed by atoms with E-state index in [0.29, 0.717) is 28.8 Å². The van der Waals surface area contributed by atoms with Crippen molar-refractivity contribution in [2.24, 2.45) is 24.8 Å². The fourth-order valence-electron chi connectivity index (χ4n) is 5.22. The van der Waals surface area contributed by atoms with Gasteiger partial charge >= 0.3 is 12.4 Å². The number of halogens is 6. The summed E-state index contributed by atoms with van der Waals surface area (Å²) in [4.78, 5) is 6.46. The third kappa shape index (κ3) is 4.39. The second-order valence-corrected chi connectivity index (χ2v) is 8.99. The maximum Gasteiger partial charge on any atom is 0.433 e. The molecule has 0 amide bonds. The number of rotatable bonds is 5. The van der Waals surface area contributed by atoms with Gasteiger partial charge < -0.3 is 9.64 Å². The number of nitrogens with zero attached hydrogens (tertiary/aromatic N) is 6. The molecular weight excluding hydrogens is 466 g/mol. The van der Waals surface area contributed by atoms with E-state index in [9.17, 15) is 26.3 Å². The molecule has 2 fully saturated rings. The molecule has 1 unspecified atom stereocenters. The number of pyridine rings is 1. The van der Waals surface area contributed by atoms with Crippen LogP contribution in [0.5, 0.6) is 5.75 Å². The van der Waals surface area contributed by atoms with Crippen LogP contribution >= 0.6 is 0 Å². The highest BCUT2D eigenvalue weighted by Gasteiger charge is 2.43. The molecule has 1 aliphatic heterocycles. The second kappa shape index (κ2) is 8.05. The quantitative estimate of drug-likeness (QED) is 0.506. The molecule has 3 aromatic rings. The van der Waals surface area contributed by atoms with Gasteiger partial charge in [-0.05, 0) is 42.7 Å². The van der Waals surface area contributed by atoms with Crippen molar-refractivity contribution in [2.45, 2.75) is 31.6 Å². The van der Waals surface area contributed by atoms with Gasteiger partial charge in [0, 0.05) is 32.8 Å². The summed E-state index contributed by atoms with van der Waals surface area (Å²) in [6.07, 6.45) is -3.28. The predicted octanol–water partition coefficient (Wildman–Crippen LogP) is 4.13. The van der Waals surface area contributed by atoms with Gasteiger partial charge in [-0.1, -0.05) is 0 Å². The highest BCUT2D eigenvalue weighted by Crippen LogP contribution is 2.44. The Kier molecular flexibility index (Phi) is 5.40. The minimum atomic E-state index is -4.75. The zero-order valence-electron chi connectivity index (χ0n) is 18.1. The van der Waals surface area contributed by atoms with E-state index in [-0.39, 0.29) is 17.4 Å². The highest BCUT2D eigenvalue weighted by atomic mass is 19.4. The van der Waals surface area contributed by atoms with E-state index >= 15 is 0 Å². The standard InChI is InChI=1S/C21H22F6N6O/c1-31-10-14(7-28-31)32-8-12-2-3-13(9-32)15(12)6-18-29-19-16(34-11-20(22,23)24)4-5-17(21(25,26)27)33(19)30-18/h4-5,7,10,12-13,15H,2-3,6,8-9,11H2,1H3/t12-,13+,15?. The lowest BCUT2D eigenvalue weighted by atomic mass is 9.82. The molecule has 3 atom stereocenters. The van der Waals surface area contributed by atoms with Gasteiger partial charge in [0.05, 0.1) is 11.9 Å². The lowest BCUT2D eigenvalue weighted by Crippen LogP contribution is -2.42. The molecule has 2 aliphatic rings. The molecule has 0 N–H and O–H groups in total. The van der Waals surface area contributed by atoms with Crippen LogP contribution in [0.25, 0.3) is 5.65 Å². The van der Waals surface area contributed by atoms with E-state index in [1.54, 1.807) is 4.68 Å². The zero-order valence-corrected chi connectivity index (χ0v) is 18.1. The Morgan fingerprint density at radius 1 is 1.06 bits per heavy atom. The Balaban J connectivity index is 1.41. The molecule has 4 heterocycles. The monoisotopic (exact) mass is 488 g/mol. The molecular formula is C21H22F6N6O. The first-order valence-electron chi connectivity index (χ1n) is 10.9. The number of hydrogen-bond acceptors (Lipinski definition) is 5. The molecule has 0 aromatic carbocycles. The molecule has 1 saturated heterocycles. The maximum absolute atomic E-state index is 13.5. The van der Waals surface area contributed by atoms with E-state index in [0.717, 1.165) is 37.7 Å². The minimum absolute atomic E-state index is 0.172. The van der Waals surface area contributed by atoms with Crippen molar-refractivity contribution in [3.63, 3.8) is 0 Å². The summed E-state index contributed by atoms with van der Waals surface area (Å²) in [5.74, 6) is 0.588. The summed E-state index contributed by atoms with van der Waals surface area (Å²) in [7, 11) is 1.85. The molecule has 0 radical (unpaired) electrons. The van der Waals surface area contributed by atoms with Gasteiger partial charge in [-0.3, -0.25) is 4.68 Å². The number of alkyl halides is 6. The maximum atomic E-state index is 13.5. The van der Waals surface area contributed by atoms with E-state index in [1.165, 1.54) is 0 Å². The van der Waals surface area contributed by atoms with Crippen molar-refractivity contribution in [1.82, 2.24) is 24.4 Å². The first kappa shape index (κ1) is 22.8. The first-order chi connectivity index (χ1) is 16.0. The fourth-order valence-corrected chi connectivity index (χ4v) is 5.22. The Morgan fingerprint density at radius 3 is 2.35 bits per heavy atom.